The smallest absolute Gasteiger partial charge is 0.241 e. The van der Waals surface area contributed by atoms with Crippen LogP contribution in [-0.4, -0.2) is 26.2 Å². The molecule has 2 N–H and O–H groups in total. The summed E-state index contributed by atoms with van der Waals surface area (Å²) < 4.78 is 28.0. The summed E-state index contributed by atoms with van der Waals surface area (Å²) in [5, 5.41) is 9.09. The third kappa shape index (κ3) is 3.40. The summed E-state index contributed by atoms with van der Waals surface area (Å²) in [5.41, 5.74) is 2.61. The van der Waals surface area contributed by atoms with Crippen LogP contribution in [-0.2, 0) is 10.0 Å². The number of rotatable bonds is 6. The van der Waals surface area contributed by atoms with Gasteiger partial charge in [-0.15, -0.1) is 0 Å². The molecule has 1 unspecified atom stereocenters. The molecule has 1 aromatic carbocycles. The number of aryl methyl sites for hydroxylation is 3. The molecule has 0 aromatic heterocycles. The van der Waals surface area contributed by atoms with E-state index in [1.165, 1.54) is 0 Å². The summed E-state index contributed by atoms with van der Waals surface area (Å²) in [6.45, 7) is 5.62. The Balaban J connectivity index is 2.30. The number of benzene rings is 1. The van der Waals surface area contributed by atoms with Crippen molar-refractivity contribution >= 4 is 10.0 Å². The fraction of sp³-hybridized carbons (Fsp3) is 0.600. The van der Waals surface area contributed by atoms with E-state index in [0.717, 1.165) is 29.5 Å². The van der Waals surface area contributed by atoms with E-state index in [1.54, 1.807) is 0 Å². The van der Waals surface area contributed by atoms with Crippen LogP contribution in [0.5, 0.6) is 0 Å². The number of sulfonamides is 1. The molecule has 0 spiro atoms. The van der Waals surface area contributed by atoms with Crippen molar-refractivity contribution in [1.29, 1.82) is 0 Å². The lowest BCUT2D eigenvalue weighted by Gasteiger charge is -2.19. The first kappa shape index (κ1) is 15.5. The largest absolute Gasteiger partial charge is 0.396 e. The molecule has 1 aromatic rings. The zero-order chi connectivity index (χ0) is 14.9. The zero-order valence-electron chi connectivity index (χ0n) is 12.3. The molecular weight excluding hydrogens is 274 g/mol. The summed E-state index contributed by atoms with van der Waals surface area (Å²) in [6.07, 6.45) is 2.56. The summed E-state index contributed by atoms with van der Waals surface area (Å²) in [6, 6.07) is 3.63. The van der Waals surface area contributed by atoms with Gasteiger partial charge >= 0.3 is 0 Å². The van der Waals surface area contributed by atoms with Crippen LogP contribution in [0.2, 0.25) is 0 Å². The van der Waals surface area contributed by atoms with Gasteiger partial charge in [0.1, 0.15) is 0 Å². The Hall–Kier alpha value is -0.910. The molecule has 0 amide bonds. The number of nitrogens with one attached hydrogen (secondary N) is 1. The van der Waals surface area contributed by atoms with Crippen LogP contribution >= 0.6 is 0 Å². The standard InChI is InChI=1S/C15H23NO3S/c1-10-8-11(2)15(12(3)9-10)20(18,19)16-14(6-7-17)13-4-5-13/h8-9,13-14,16-17H,4-7H2,1-3H3. The van der Waals surface area contributed by atoms with Gasteiger partial charge in [-0.25, -0.2) is 13.1 Å². The summed E-state index contributed by atoms with van der Waals surface area (Å²) in [5.74, 6) is 0.378. The van der Waals surface area contributed by atoms with Gasteiger partial charge < -0.3 is 5.11 Å². The lowest BCUT2D eigenvalue weighted by molar-refractivity contribution is 0.265. The van der Waals surface area contributed by atoms with Crippen LogP contribution in [0, 0.1) is 26.7 Å². The van der Waals surface area contributed by atoms with E-state index < -0.39 is 10.0 Å². The van der Waals surface area contributed by atoms with Crippen molar-refractivity contribution < 1.29 is 13.5 Å². The normalized spacial score (nSPS) is 17.2. The molecule has 0 radical (unpaired) electrons. The van der Waals surface area contributed by atoms with Gasteiger partial charge in [0.15, 0.2) is 0 Å². The molecule has 1 aliphatic carbocycles. The SMILES string of the molecule is Cc1cc(C)c(S(=O)(=O)NC(CCO)C2CC2)c(C)c1. The molecular formula is C15H23NO3S. The van der Waals surface area contributed by atoms with Gasteiger partial charge in [0.05, 0.1) is 4.90 Å². The van der Waals surface area contributed by atoms with Crippen molar-refractivity contribution in [3.8, 4) is 0 Å². The van der Waals surface area contributed by atoms with E-state index >= 15 is 0 Å². The molecule has 112 valence electrons. The van der Waals surface area contributed by atoms with Gasteiger partial charge in [0, 0.05) is 12.6 Å². The van der Waals surface area contributed by atoms with E-state index in [0.29, 0.717) is 17.2 Å². The minimum Gasteiger partial charge on any atom is -0.396 e. The second kappa shape index (κ2) is 5.84. The lowest BCUT2D eigenvalue weighted by atomic mass is 10.1. The molecule has 1 aliphatic rings. The summed E-state index contributed by atoms with van der Waals surface area (Å²) in [7, 11) is -3.53. The number of hydrogen-bond donors (Lipinski definition) is 2. The molecule has 2 rings (SSSR count). The minimum atomic E-state index is -3.53. The molecule has 1 atom stereocenters. The number of aliphatic hydroxyl groups is 1. The Labute approximate surface area is 121 Å². The van der Waals surface area contributed by atoms with Crippen molar-refractivity contribution in [3.05, 3.63) is 28.8 Å². The van der Waals surface area contributed by atoms with Crippen LogP contribution in [0.4, 0.5) is 0 Å². The summed E-state index contributed by atoms with van der Waals surface area (Å²) in [4.78, 5) is 0.381. The molecule has 0 aliphatic heterocycles. The van der Waals surface area contributed by atoms with Gasteiger partial charge in [-0.1, -0.05) is 17.7 Å². The highest BCUT2D eigenvalue weighted by Crippen LogP contribution is 2.35. The van der Waals surface area contributed by atoms with Crippen molar-refractivity contribution in [2.75, 3.05) is 6.61 Å². The van der Waals surface area contributed by atoms with E-state index in [1.807, 2.05) is 32.9 Å². The molecule has 5 heteroatoms. The minimum absolute atomic E-state index is 0.00947. The number of aliphatic hydroxyl groups excluding tert-OH is 1. The lowest BCUT2D eigenvalue weighted by Crippen LogP contribution is -2.37. The Morgan fingerprint density at radius 1 is 1.25 bits per heavy atom. The Morgan fingerprint density at radius 2 is 1.80 bits per heavy atom. The van der Waals surface area contributed by atoms with Crippen LogP contribution in [0.3, 0.4) is 0 Å². The van der Waals surface area contributed by atoms with Gasteiger partial charge in [0.25, 0.3) is 0 Å². The maximum Gasteiger partial charge on any atom is 0.241 e. The van der Waals surface area contributed by atoms with E-state index in [9.17, 15) is 8.42 Å². The van der Waals surface area contributed by atoms with Crippen molar-refractivity contribution in [2.24, 2.45) is 5.92 Å². The average molecular weight is 297 g/mol. The van der Waals surface area contributed by atoms with Crippen LogP contribution in [0.1, 0.15) is 36.0 Å². The first-order valence-corrected chi connectivity index (χ1v) is 8.54. The Morgan fingerprint density at radius 3 is 2.25 bits per heavy atom. The highest BCUT2D eigenvalue weighted by atomic mass is 32.2. The Kier molecular flexibility index (Phi) is 4.52. The van der Waals surface area contributed by atoms with Crippen LogP contribution < -0.4 is 4.72 Å². The third-order valence-corrected chi connectivity index (χ3v) is 5.61. The quantitative estimate of drug-likeness (QED) is 0.844. The second-order valence-corrected chi connectivity index (χ2v) is 7.46. The molecule has 0 saturated heterocycles. The summed E-state index contributed by atoms with van der Waals surface area (Å²) >= 11 is 0. The average Bonchev–Trinajstić information content (AvgIpc) is 3.09. The van der Waals surface area contributed by atoms with Crippen molar-refractivity contribution in [2.45, 2.75) is 51.0 Å². The molecule has 0 heterocycles. The van der Waals surface area contributed by atoms with Crippen molar-refractivity contribution in [3.63, 3.8) is 0 Å². The highest BCUT2D eigenvalue weighted by molar-refractivity contribution is 7.89. The van der Waals surface area contributed by atoms with Gasteiger partial charge in [0.2, 0.25) is 10.0 Å². The van der Waals surface area contributed by atoms with E-state index in [2.05, 4.69) is 4.72 Å². The van der Waals surface area contributed by atoms with Crippen LogP contribution in [0.25, 0.3) is 0 Å². The highest BCUT2D eigenvalue weighted by Gasteiger charge is 2.34. The molecule has 0 bridgehead atoms. The molecule has 4 nitrogen and oxygen atoms in total. The fourth-order valence-corrected chi connectivity index (χ4v) is 4.67. The second-order valence-electron chi connectivity index (χ2n) is 5.81. The first-order valence-electron chi connectivity index (χ1n) is 7.06. The zero-order valence-corrected chi connectivity index (χ0v) is 13.1. The fourth-order valence-electron chi connectivity index (χ4n) is 2.88. The monoisotopic (exact) mass is 297 g/mol. The maximum atomic E-state index is 12.6. The molecule has 20 heavy (non-hydrogen) atoms. The Bertz CT molecular complexity index is 568. The third-order valence-electron chi connectivity index (χ3n) is 3.81. The maximum absolute atomic E-state index is 12.6. The molecule has 1 fully saturated rings. The van der Waals surface area contributed by atoms with E-state index in [4.69, 9.17) is 5.11 Å². The first-order chi connectivity index (χ1) is 9.35. The van der Waals surface area contributed by atoms with E-state index in [-0.39, 0.29) is 12.6 Å². The predicted octanol–water partition coefficient (Wildman–Crippen LogP) is 2.05. The van der Waals surface area contributed by atoms with Crippen molar-refractivity contribution in [1.82, 2.24) is 4.72 Å². The van der Waals surface area contributed by atoms with Gasteiger partial charge in [-0.05, 0) is 57.1 Å². The molecule has 1 saturated carbocycles. The topological polar surface area (TPSA) is 66.4 Å². The number of hydrogen-bond acceptors (Lipinski definition) is 3. The predicted molar refractivity (Wildman–Crippen MR) is 79.2 cm³/mol. The van der Waals surface area contributed by atoms with Crippen LogP contribution in [0.15, 0.2) is 17.0 Å². The van der Waals surface area contributed by atoms with Gasteiger partial charge in [-0.3, -0.25) is 0 Å². The van der Waals surface area contributed by atoms with Gasteiger partial charge in [-0.2, -0.15) is 0 Å².